The number of benzene rings is 1. The first kappa shape index (κ1) is 21.0. The van der Waals surface area contributed by atoms with Gasteiger partial charge in [-0.25, -0.2) is 13.1 Å². The number of hydrogen-bond acceptors (Lipinski definition) is 5. The lowest BCUT2D eigenvalue weighted by Crippen LogP contribution is -2.30. The summed E-state index contributed by atoms with van der Waals surface area (Å²) in [6.45, 7) is 5.12. The molecule has 8 heteroatoms. The van der Waals surface area contributed by atoms with Crippen LogP contribution in [-0.4, -0.2) is 32.3 Å². The summed E-state index contributed by atoms with van der Waals surface area (Å²) < 4.78 is 28.3. The molecule has 0 unspecified atom stereocenters. The van der Waals surface area contributed by atoms with E-state index in [1.165, 1.54) is 43.1 Å². The molecule has 1 aromatic heterocycles. The highest BCUT2D eigenvalue weighted by Gasteiger charge is 2.18. The Bertz CT molecular complexity index is 903. The van der Waals surface area contributed by atoms with Crippen molar-refractivity contribution in [3.63, 3.8) is 0 Å². The maximum absolute atomic E-state index is 12.7. The number of rotatable bonds is 8. The normalized spacial score (nSPS) is 15.5. The minimum Gasteiger partial charge on any atom is -0.351 e. The first-order valence-electron chi connectivity index (χ1n) is 9.56. The number of piperidine rings is 1. The average molecular weight is 422 g/mol. The maximum Gasteiger partial charge on any atom is 0.250 e. The van der Waals surface area contributed by atoms with Crippen molar-refractivity contribution in [2.45, 2.75) is 50.0 Å². The van der Waals surface area contributed by atoms with Crippen molar-refractivity contribution in [2.75, 3.05) is 13.1 Å². The second-order valence-corrected chi connectivity index (χ2v) is 10.2. The molecule has 0 saturated carbocycles. The van der Waals surface area contributed by atoms with Crippen molar-refractivity contribution in [1.82, 2.24) is 14.9 Å². The number of thiophene rings is 1. The molecule has 1 aliphatic heterocycles. The molecule has 1 amide bonds. The lowest BCUT2D eigenvalue weighted by Gasteiger charge is -2.27. The van der Waals surface area contributed by atoms with E-state index in [0.717, 1.165) is 30.1 Å². The van der Waals surface area contributed by atoms with Crippen LogP contribution >= 0.6 is 11.3 Å². The number of amides is 1. The summed E-state index contributed by atoms with van der Waals surface area (Å²) in [4.78, 5) is 14.3. The Morgan fingerprint density at radius 2 is 1.75 bits per heavy atom. The van der Waals surface area contributed by atoms with Gasteiger partial charge in [0.15, 0.2) is 0 Å². The standard InChI is InChI=1S/C20H27N3O3S2/c1-16(24)21-14-19-9-10-20(27-19)28(25,26)22-13-17-7-3-4-8-18(17)15-23-11-5-2-6-12-23/h3-4,7-10,22H,2,5-6,11-15H2,1H3,(H,21,24). The van der Waals surface area contributed by atoms with Crippen LogP contribution in [0.3, 0.4) is 0 Å². The average Bonchev–Trinajstić information content (AvgIpc) is 3.17. The van der Waals surface area contributed by atoms with Crippen LogP contribution in [0.4, 0.5) is 0 Å². The first-order valence-corrected chi connectivity index (χ1v) is 11.9. The molecule has 0 bridgehead atoms. The van der Waals surface area contributed by atoms with Gasteiger partial charge in [-0.05, 0) is 49.2 Å². The Hall–Kier alpha value is -1.74. The van der Waals surface area contributed by atoms with Crippen LogP contribution in [0.15, 0.2) is 40.6 Å². The van der Waals surface area contributed by atoms with Gasteiger partial charge in [-0.2, -0.15) is 0 Å². The monoisotopic (exact) mass is 421 g/mol. The summed E-state index contributed by atoms with van der Waals surface area (Å²) >= 11 is 1.18. The van der Waals surface area contributed by atoms with Crippen molar-refractivity contribution in [2.24, 2.45) is 0 Å². The number of sulfonamides is 1. The number of nitrogens with zero attached hydrogens (tertiary/aromatic N) is 1. The molecule has 0 radical (unpaired) electrons. The fourth-order valence-electron chi connectivity index (χ4n) is 3.30. The van der Waals surface area contributed by atoms with E-state index in [0.29, 0.717) is 6.54 Å². The van der Waals surface area contributed by atoms with Crippen molar-refractivity contribution in [3.8, 4) is 0 Å². The quantitative estimate of drug-likeness (QED) is 0.687. The number of likely N-dealkylation sites (tertiary alicyclic amines) is 1. The van der Waals surface area contributed by atoms with Crippen molar-refractivity contribution >= 4 is 27.3 Å². The molecule has 2 heterocycles. The molecule has 3 rings (SSSR count). The molecule has 0 spiro atoms. The predicted octanol–water partition coefficient (Wildman–Crippen LogP) is 2.85. The van der Waals surface area contributed by atoms with Crippen molar-refractivity contribution in [3.05, 3.63) is 52.4 Å². The lowest BCUT2D eigenvalue weighted by atomic mass is 10.1. The van der Waals surface area contributed by atoms with E-state index in [2.05, 4.69) is 21.0 Å². The highest BCUT2D eigenvalue weighted by molar-refractivity contribution is 7.91. The Morgan fingerprint density at radius 3 is 2.46 bits per heavy atom. The van der Waals surface area contributed by atoms with Crippen LogP contribution < -0.4 is 10.0 Å². The topological polar surface area (TPSA) is 78.5 Å². The molecule has 28 heavy (non-hydrogen) atoms. The van der Waals surface area contributed by atoms with Gasteiger partial charge in [0, 0.05) is 24.9 Å². The number of hydrogen-bond donors (Lipinski definition) is 2. The second-order valence-electron chi connectivity index (χ2n) is 7.06. The molecule has 0 aliphatic carbocycles. The fourth-order valence-corrected chi connectivity index (χ4v) is 5.64. The third kappa shape index (κ3) is 5.88. The zero-order valence-electron chi connectivity index (χ0n) is 16.1. The van der Waals surface area contributed by atoms with E-state index < -0.39 is 10.0 Å². The molecule has 1 fully saturated rings. The highest BCUT2D eigenvalue weighted by Crippen LogP contribution is 2.22. The van der Waals surface area contributed by atoms with Gasteiger partial charge in [-0.3, -0.25) is 9.69 Å². The van der Waals surface area contributed by atoms with E-state index in [4.69, 9.17) is 0 Å². The zero-order chi connectivity index (χ0) is 20.0. The molecular weight excluding hydrogens is 394 g/mol. The number of carbonyl (C=O) groups is 1. The molecule has 1 aliphatic rings. The van der Waals surface area contributed by atoms with Gasteiger partial charge in [-0.1, -0.05) is 30.7 Å². The summed E-state index contributed by atoms with van der Waals surface area (Å²) in [6, 6.07) is 11.3. The van der Waals surface area contributed by atoms with E-state index >= 15 is 0 Å². The summed E-state index contributed by atoms with van der Waals surface area (Å²) in [6.07, 6.45) is 3.75. The molecule has 152 valence electrons. The van der Waals surface area contributed by atoms with Crippen LogP contribution in [0, 0.1) is 0 Å². The van der Waals surface area contributed by atoms with Gasteiger partial charge in [0.25, 0.3) is 0 Å². The van der Waals surface area contributed by atoms with Gasteiger partial charge in [-0.15, -0.1) is 11.3 Å². The fraction of sp³-hybridized carbons (Fsp3) is 0.450. The van der Waals surface area contributed by atoms with Crippen LogP contribution in [-0.2, 0) is 34.5 Å². The van der Waals surface area contributed by atoms with E-state index in [1.807, 2.05) is 18.2 Å². The molecular formula is C20H27N3O3S2. The van der Waals surface area contributed by atoms with Gasteiger partial charge in [0.1, 0.15) is 4.21 Å². The summed E-state index contributed by atoms with van der Waals surface area (Å²) in [5, 5.41) is 2.68. The molecule has 0 atom stereocenters. The SMILES string of the molecule is CC(=O)NCc1ccc(S(=O)(=O)NCc2ccccc2CN2CCCCC2)s1. The highest BCUT2D eigenvalue weighted by atomic mass is 32.2. The van der Waals surface area contributed by atoms with Gasteiger partial charge in [0.05, 0.1) is 6.54 Å². The summed E-state index contributed by atoms with van der Waals surface area (Å²) in [5.74, 6) is -0.138. The van der Waals surface area contributed by atoms with Crippen LogP contribution in [0.25, 0.3) is 0 Å². The van der Waals surface area contributed by atoms with E-state index in [9.17, 15) is 13.2 Å². The van der Waals surface area contributed by atoms with Gasteiger partial charge in [0.2, 0.25) is 15.9 Å². The van der Waals surface area contributed by atoms with Gasteiger partial charge >= 0.3 is 0 Å². The Kier molecular flexibility index (Phi) is 7.23. The lowest BCUT2D eigenvalue weighted by molar-refractivity contribution is -0.119. The zero-order valence-corrected chi connectivity index (χ0v) is 17.7. The van der Waals surface area contributed by atoms with Crippen molar-refractivity contribution in [1.29, 1.82) is 0 Å². The third-order valence-electron chi connectivity index (χ3n) is 4.83. The second kappa shape index (κ2) is 9.65. The Morgan fingerprint density at radius 1 is 1.04 bits per heavy atom. The van der Waals surface area contributed by atoms with Crippen LogP contribution in [0.5, 0.6) is 0 Å². The first-order chi connectivity index (χ1) is 13.4. The summed E-state index contributed by atoms with van der Waals surface area (Å²) in [7, 11) is -3.58. The van der Waals surface area contributed by atoms with Crippen molar-refractivity contribution < 1.29 is 13.2 Å². The summed E-state index contributed by atoms with van der Waals surface area (Å²) in [5.41, 5.74) is 2.18. The van der Waals surface area contributed by atoms with Gasteiger partial charge < -0.3 is 5.32 Å². The van der Waals surface area contributed by atoms with E-state index in [1.54, 1.807) is 12.1 Å². The number of nitrogens with one attached hydrogen (secondary N) is 2. The molecule has 1 aromatic carbocycles. The Balaban J connectivity index is 1.63. The van der Waals surface area contributed by atoms with Crippen LogP contribution in [0.2, 0.25) is 0 Å². The molecule has 2 aromatic rings. The van der Waals surface area contributed by atoms with E-state index in [-0.39, 0.29) is 16.7 Å². The smallest absolute Gasteiger partial charge is 0.250 e. The molecule has 6 nitrogen and oxygen atoms in total. The Labute approximate surface area is 171 Å². The minimum absolute atomic E-state index is 0.138. The minimum atomic E-state index is -3.58. The third-order valence-corrected chi connectivity index (χ3v) is 7.81. The largest absolute Gasteiger partial charge is 0.351 e. The predicted molar refractivity (Wildman–Crippen MR) is 111 cm³/mol. The molecule has 2 N–H and O–H groups in total. The van der Waals surface area contributed by atoms with Crippen LogP contribution in [0.1, 0.15) is 42.2 Å². The molecule has 1 saturated heterocycles. The number of carbonyl (C=O) groups excluding carboxylic acids is 1. The maximum atomic E-state index is 12.7.